The Morgan fingerprint density at radius 1 is 1.12 bits per heavy atom. The van der Waals surface area contributed by atoms with Crippen LogP contribution in [0.3, 0.4) is 0 Å². The fourth-order valence-electron chi connectivity index (χ4n) is 0.976. The highest BCUT2D eigenvalue weighted by molar-refractivity contribution is 5.70. The average Bonchev–Trinajstić information content (AvgIpc) is 2.32. The molecule has 2 nitrogen and oxygen atoms in total. The Balaban J connectivity index is 0. The lowest BCUT2D eigenvalue weighted by molar-refractivity contribution is -0.139. The number of esters is 1. The molecule has 0 aliphatic carbocycles. The largest absolute Gasteiger partial charge is 0.469 e. The van der Waals surface area contributed by atoms with E-state index in [2.05, 4.69) is 30.7 Å². The molecule has 0 aliphatic heterocycles. The predicted molar refractivity (Wildman–Crippen MR) is 70.4 cm³/mol. The Labute approximate surface area is 100 Å². The van der Waals surface area contributed by atoms with Crippen molar-refractivity contribution in [1.82, 2.24) is 0 Å². The second-order valence-electron chi connectivity index (χ2n) is 3.41. The third kappa shape index (κ3) is 18.7. The second kappa shape index (κ2) is 16.4. The zero-order chi connectivity index (χ0) is 12.6. The molecule has 94 valence electrons. The Hall–Kier alpha value is -1.05. The first-order valence-corrected chi connectivity index (χ1v) is 6.02. The predicted octanol–water partition coefficient (Wildman–Crippen LogP) is 4.27. The summed E-state index contributed by atoms with van der Waals surface area (Å²) in [6.07, 6.45) is 13.6. The van der Waals surface area contributed by atoms with Gasteiger partial charge in [0, 0.05) is 0 Å². The third-order valence-electron chi connectivity index (χ3n) is 1.96. The van der Waals surface area contributed by atoms with Gasteiger partial charge in [-0.15, -0.1) is 0 Å². The molecule has 0 amide bonds. The van der Waals surface area contributed by atoms with E-state index in [0.29, 0.717) is 6.42 Å². The second-order valence-corrected chi connectivity index (χ2v) is 3.41. The quantitative estimate of drug-likeness (QED) is 0.384. The summed E-state index contributed by atoms with van der Waals surface area (Å²) in [5.74, 6) is -0.192. The maximum atomic E-state index is 10.3. The first-order valence-electron chi connectivity index (χ1n) is 6.02. The van der Waals surface area contributed by atoms with Crippen molar-refractivity contribution in [2.75, 3.05) is 7.11 Å². The number of allylic oxidation sites excluding steroid dienone is 3. The molecule has 0 unspecified atom stereocenters. The molecule has 2 heteroatoms. The van der Waals surface area contributed by atoms with Crippen molar-refractivity contribution in [2.24, 2.45) is 0 Å². The minimum absolute atomic E-state index is 0.192. The highest BCUT2D eigenvalue weighted by Crippen LogP contribution is 1.98. The zero-order valence-electron chi connectivity index (χ0n) is 11.2. The number of hydrogen-bond donors (Lipinski definition) is 0. The zero-order valence-corrected chi connectivity index (χ0v) is 11.2. The van der Waals surface area contributed by atoms with Crippen LogP contribution < -0.4 is 0 Å². The molecule has 0 N–H and O–H groups in total. The SMILES string of the molecule is C/C=C/CC(=O)OC.C/C=C/CCCCC. The lowest BCUT2D eigenvalue weighted by atomic mass is 10.2. The summed E-state index contributed by atoms with van der Waals surface area (Å²) in [4.78, 5) is 10.3. The number of hydrogen-bond acceptors (Lipinski definition) is 2. The molecule has 0 heterocycles. The average molecular weight is 226 g/mol. The monoisotopic (exact) mass is 226 g/mol. The van der Waals surface area contributed by atoms with Gasteiger partial charge in [-0.05, 0) is 26.7 Å². The Morgan fingerprint density at radius 2 is 1.75 bits per heavy atom. The molecule has 0 bridgehead atoms. The summed E-state index contributed by atoms with van der Waals surface area (Å²) in [7, 11) is 1.38. The first kappa shape index (κ1) is 17.3. The Bertz CT molecular complexity index is 193. The number of carbonyl (C=O) groups excluding carboxylic acids is 1. The van der Waals surface area contributed by atoms with E-state index >= 15 is 0 Å². The molecule has 0 saturated carbocycles. The summed E-state index contributed by atoms with van der Waals surface area (Å²) in [5.41, 5.74) is 0. The maximum absolute atomic E-state index is 10.3. The fourth-order valence-corrected chi connectivity index (χ4v) is 0.976. The van der Waals surface area contributed by atoms with E-state index in [9.17, 15) is 4.79 Å². The van der Waals surface area contributed by atoms with Crippen molar-refractivity contribution in [3.05, 3.63) is 24.3 Å². The van der Waals surface area contributed by atoms with E-state index in [4.69, 9.17) is 0 Å². The molecule has 0 atom stereocenters. The molecule has 0 aliphatic rings. The highest BCUT2D eigenvalue weighted by atomic mass is 16.5. The van der Waals surface area contributed by atoms with E-state index in [1.165, 1.54) is 32.8 Å². The van der Waals surface area contributed by atoms with Crippen LogP contribution in [-0.4, -0.2) is 13.1 Å². The third-order valence-corrected chi connectivity index (χ3v) is 1.96. The normalized spacial score (nSPS) is 10.2. The number of unbranched alkanes of at least 4 members (excludes halogenated alkanes) is 3. The number of carbonyl (C=O) groups is 1. The van der Waals surface area contributed by atoms with Crippen molar-refractivity contribution in [2.45, 2.75) is 52.9 Å². The lowest BCUT2D eigenvalue weighted by Gasteiger charge is -1.89. The van der Waals surface area contributed by atoms with Crippen molar-refractivity contribution in [3.63, 3.8) is 0 Å². The molecule has 0 fully saturated rings. The summed E-state index contributed by atoms with van der Waals surface area (Å²) >= 11 is 0. The van der Waals surface area contributed by atoms with Crippen molar-refractivity contribution in [3.8, 4) is 0 Å². The van der Waals surface area contributed by atoms with Gasteiger partial charge in [-0.3, -0.25) is 4.79 Å². The van der Waals surface area contributed by atoms with Gasteiger partial charge in [0.1, 0.15) is 0 Å². The molecule has 0 aromatic heterocycles. The minimum atomic E-state index is -0.192. The number of rotatable bonds is 6. The number of ether oxygens (including phenoxy) is 1. The van der Waals surface area contributed by atoms with Crippen LogP contribution in [0.5, 0.6) is 0 Å². The van der Waals surface area contributed by atoms with Crippen LogP contribution in [0.1, 0.15) is 52.9 Å². The van der Waals surface area contributed by atoms with Crippen molar-refractivity contribution < 1.29 is 9.53 Å². The first-order chi connectivity index (χ1) is 7.72. The van der Waals surface area contributed by atoms with E-state index in [1.807, 2.05) is 13.0 Å². The summed E-state index contributed by atoms with van der Waals surface area (Å²) < 4.78 is 4.36. The topological polar surface area (TPSA) is 26.3 Å². The standard InChI is InChI=1S/C8H16.C6H10O2/c1-3-5-7-8-6-4-2;1-3-4-5-6(7)8-2/h3,5H,4,6-8H2,1-2H3;3-4H,5H2,1-2H3/b5-3+;4-3+. The molecule has 0 saturated heterocycles. The molecule has 0 radical (unpaired) electrons. The molecular formula is C14H26O2. The summed E-state index contributed by atoms with van der Waals surface area (Å²) in [5, 5.41) is 0. The van der Waals surface area contributed by atoms with Crippen LogP contribution in [-0.2, 0) is 9.53 Å². The fraction of sp³-hybridized carbons (Fsp3) is 0.643. The minimum Gasteiger partial charge on any atom is -0.469 e. The van der Waals surface area contributed by atoms with Crippen LogP contribution in [0, 0.1) is 0 Å². The Kier molecular flexibility index (Phi) is 17.8. The van der Waals surface area contributed by atoms with Crippen molar-refractivity contribution in [1.29, 1.82) is 0 Å². The number of methoxy groups -OCH3 is 1. The van der Waals surface area contributed by atoms with Gasteiger partial charge in [0.25, 0.3) is 0 Å². The van der Waals surface area contributed by atoms with Crippen LogP contribution in [0.4, 0.5) is 0 Å². The lowest BCUT2D eigenvalue weighted by Crippen LogP contribution is -1.96. The molecule has 16 heavy (non-hydrogen) atoms. The molecule has 0 spiro atoms. The summed E-state index contributed by atoms with van der Waals surface area (Å²) in [6.45, 7) is 6.17. The molecule has 0 rings (SSSR count). The van der Waals surface area contributed by atoms with E-state index in [0.717, 1.165) is 0 Å². The van der Waals surface area contributed by atoms with Crippen LogP contribution in [0.25, 0.3) is 0 Å². The smallest absolute Gasteiger partial charge is 0.309 e. The maximum Gasteiger partial charge on any atom is 0.309 e. The van der Waals surface area contributed by atoms with Crippen LogP contribution in [0.2, 0.25) is 0 Å². The van der Waals surface area contributed by atoms with E-state index in [-0.39, 0.29) is 5.97 Å². The van der Waals surface area contributed by atoms with Gasteiger partial charge in [0.2, 0.25) is 0 Å². The van der Waals surface area contributed by atoms with Gasteiger partial charge < -0.3 is 4.74 Å². The van der Waals surface area contributed by atoms with Gasteiger partial charge >= 0.3 is 5.97 Å². The molecule has 0 aromatic rings. The Morgan fingerprint density at radius 3 is 2.19 bits per heavy atom. The van der Waals surface area contributed by atoms with Gasteiger partial charge in [-0.2, -0.15) is 0 Å². The summed E-state index contributed by atoms with van der Waals surface area (Å²) in [6, 6.07) is 0. The van der Waals surface area contributed by atoms with Gasteiger partial charge in [-0.1, -0.05) is 44.1 Å². The van der Waals surface area contributed by atoms with E-state index < -0.39 is 0 Å². The highest BCUT2D eigenvalue weighted by Gasteiger charge is 1.91. The van der Waals surface area contributed by atoms with Crippen LogP contribution in [0.15, 0.2) is 24.3 Å². The van der Waals surface area contributed by atoms with E-state index in [1.54, 1.807) is 6.08 Å². The van der Waals surface area contributed by atoms with Gasteiger partial charge in [0.15, 0.2) is 0 Å². The molecular weight excluding hydrogens is 200 g/mol. The van der Waals surface area contributed by atoms with Crippen LogP contribution >= 0.6 is 0 Å². The molecule has 0 aromatic carbocycles. The van der Waals surface area contributed by atoms with Crippen molar-refractivity contribution >= 4 is 5.97 Å². The van der Waals surface area contributed by atoms with Gasteiger partial charge in [-0.25, -0.2) is 0 Å². The van der Waals surface area contributed by atoms with Gasteiger partial charge in [0.05, 0.1) is 13.5 Å².